The van der Waals surface area contributed by atoms with Crippen LogP contribution >= 0.6 is 0 Å². The van der Waals surface area contributed by atoms with Crippen LogP contribution in [0.1, 0.15) is 47.6 Å². The van der Waals surface area contributed by atoms with Crippen molar-refractivity contribution in [2.24, 2.45) is 0 Å². The van der Waals surface area contributed by atoms with Crippen LogP contribution in [0.4, 0.5) is 0 Å². The Labute approximate surface area is 153 Å². The Kier molecular flexibility index (Phi) is 4.61. The molecule has 26 heavy (non-hydrogen) atoms. The third-order valence-electron chi connectivity index (χ3n) is 5.22. The first-order valence-electron chi connectivity index (χ1n) is 9.15. The lowest BCUT2D eigenvalue weighted by molar-refractivity contribution is 0.0682. The monoisotopic (exact) mass is 349 g/mol. The predicted octanol–water partition coefficient (Wildman–Crippen LogP) is 4.33. The zero-order valence-corrected chi connectivity index (χ0v) is 14.9. The topological polar surface area (TPSA) is 58.2 Å². The summed E-state index contributed by atoms with van der Waals surface area (Å²) in [5, 5.41) is 8.04. The molecule has 2 aromatic carbocycles. The van der Waals surface area contributed by atoms with Gasteiger partial charge in [-0.1, -0.05) is 37.1 Å². The second kappa shape index (κ2) is 7.20. The maximum absolute atomic E-state index is 13.4. The zero-order valence-electron chi connectivity index (χ0n) is 14.9. The number of likely N-dealkylation sites (tertiary alicyclic amines) is 1. The molecule has 1 unspecified atom stereocenters. The molecule has 134 valence electrons. The number of H-pyrrole nitrogens is 1. The number of hydrogen-bond acceptors (Lipinski definition) is 3. The summed E-state index contributed by atoms with van der Waals surface area (Å²) in [5.74, 6) is 0.907. The summed E-state index contributed by atoms with van der Waals surface area (Å²) in [6.45, 7) is 0.778. The minimum Gasteiger partial charge on any atom is -0.497 e. The zero-order chi connectivity index (χ0) is 17.9. The van der Waals surface area contributed by atoms with Gasteiger partial charge in [0.05, 0.1) is 30.4 Å². The number of amides is 1. The minimum absolute atomic E-state index is 0.0718. The predicted molar refractivity (Wildman–Crippen MR) is 101 cm³/mol. The molecular weight excluding hydrogens is 326 g/mol. The highest BCUT2D eigenvalue weighted by Gasteiger charge is 2.28. The number of aromatic amines is 1. The Balaban J connectivity index is 1.70. The molecule has 1 aliphatic rings. The average molecular weight is 349 g/mol. The van der Waals surface area contributed by atoms with Crippen LogP contribution in [0.15, 0.2) is 48.7 Å². The maximum atomic E-state index is 13.4. The van der Waals surface area contributed by atoms with Crippen molar-refractivity contribution in [3.63, 3.8) is 0 Å². The number of carbonyl (C=O) groups is 1. The second-order valence-corrected chi connectivity index (χ2v) is 6.78. The Morgan fingerprint density at radius 1 is 1.15 bits per heavy atom. The van der Waals surface area contributed by atoms with Crippen molar-refractivity contribution in [1.82, 2.24) is 15.1 Å². The summed E-state index contributed by atoms with van der Waals surface area (Å²) in [7, 11) is 1.67. The van der Waals surface area contributed by atoms with Gasteiger partial charge in [0.1, 0.15) is 5.75 Å². The summed E-state index contributed by atoms with van der Waals surface area (Å²) in [6.07, 6.45) is 6.07. The molecule has 1 amide bonds. The Hall–Kier alpha value is -2.82. The third kappa shape index (κ3) is 3.05. The molecule has 0 spiro atoms. The Morgan fingerprint density at radius 2 is 2.00 bits per heavy atom. The number of fused-ring (bicyclic) bond motifs is 1. The van der Waals surface area contributed by atoms with E-state index in [1.165, 1.54) is 0 Å². The number of hydrogen-bond donors (Lipinski definition) is 1. The summed E-state index contributed by atoms with van der Waals surface area (Å²) in [4.78, 5) is 15.5. The summed E-state index contributed by atoms with van der Waals surface area (Å²) < 4.78 is 5.27. The molecule has 5 heteroatoms. The van der Waals surface area contributed by atoms with Crippen molar-refractivity contribution in [1.29, 1.82) is 0 Å². The number of rotatable bonds is 3. The van der Waals surface area contributed by atoms with Crippen LogP contribution in [-0.4, -0.2) is 34.7 Å². The van der Waals surface area contributed by atoms with Crippen molar-refractivity contribution in [2.45, 2.75) is 31.7 Å². The largest absolute Gasteiger partial charge is 0.497 e. The SMILES string of the molecule is COc1ccc(C2CCCCCN2C(=O)c2cccc3cn[nH]c23)cc1. The molecule has 5 nitrogen and oxygen atoms in total. The lowest BCUT2D eigenvalue weighted by atomic mass is 9.99. The van der Waals surface area contributed by atoms with Crippen LogP contribution in [0.3, 0.4) is 0 Å². The average Bonchev–Trinajstić information content (AvgIpc) is 3.04. The molecule has 1 saturated heterocycles. The standard InChI is InChI=1S/C21H23N3O2/c1-26-17-11-9-15(10-12-17)19-8-3-2-4-13-24(19)21(25)18-7-5-6-16-14-22-23-20(16)18/h5-7,9-12,14,19H,2-4,8,13H2,1H3,(H,22,23). The van der Waals surface area contributed by atoms with Crippen molar-refractivity contribution < 1.29 is 9.53 Å². The summed E-state index contributed by atoms with van der Waals surface area (Å²) in [5.41, 5.74) is 2.67. The van der Waals surface area contributed by atoms with Crippen molar-refractivity contribution in [3.8, 4) is 5.75 Å². The number of ether oxygens (including phenoxy) is 1. The van der Waals surface area contributed by atoms with Gasteiger partial charge in [0.2, 0.25) is 0 Å². The van der Waals surface area contributed by atoms with E-state index in [-0.39, 0.29) is 11.9 Å². The van der Waals surface area contributed by atoms with Crippen LogP contribution in [0.2, 0.25) is 0 Å². The second-order valence-electron chi connectivity index (χ2n) is 6.78. The van der Waals surface area contributed by atoms with Crippen LogP contribution < -0.4 is 4.74 Å². The number of carbonyl (C=O) groups excluding carboxylic acids is 1. The highest BCUT2D eigenvalue weighted by Crippen LogP contribution is 2.33. The molecule has 2 heterocycles. The van der Waals surface area contributed by atoms with E-state index in [0.717, 1.165) is 54.4 Å². The number of para-hydroxylation sites is 1. The van der Waals surface area contributed by atoms with E-state index < -0.39 is 0 Å². The van der Waals surface area contributed by atoms with Gasteiger partial charge in [0.25, 0.3) is 5.91 Å². The van der Waals surface area contributed by atoms with E-state index in [1.54, 1.807) is 13.3 Å². The fourth-order valence-electron chi connectivity index (χ4n) is 3.83. The molecule has 1 fully saturated rings. The molecule has 1 aromatic heterocycles. The van der Waals surface area contributed by atoms with Crippen LogP contribution in [0.25, 0.3) is 10.9 Å². The first kappa shape index (κ1) is 16.6. The molecule has 3 aromatic rings. The molecule has 4 rings (SSSR count). The highest BCUT2D eigenvalue weighted by atomic mass is 16.5. The van der Waals surface area contributed by atoms with Crippen LogP contribution in [-0.2, 0) is 0 Å². The first-order valence-corrected chi connectivity index (χ1v) is 9.15. The lowest BCUT2D eigenvalue weighted by Gasteiger charge is -2.31. The van der Waals surface area contributed by atoms with Crippen LogP contribution in [0.5, 0.6) is 5.75 Å². The highest BCUT2D eigenvalue weighted by molar-refractivity contribution is 6.05. The lowest BCUT2D eigenvalue weighted by Crippen LogP contribution is -2.35. The van der Waals surface area contributed by atoms with Crippen molar-refractivity contribution in [3.05, 3.63) is 59.8 Å². The fourth-order valence-corrected chi connectivity index (χ4v) is 3.83. The first-order chi connectivity index (χ1) is 12.8. The van der Waals surface area contributed by atoms with E-state index in [4.69, 9.17) is 4.74 Å². The summed E-state index contributed by atoms with van der Waals surface area (Å²) in [6, 6.07) is 14.0. The molecule has 1 atom stereocenters. The molecule has 1 aliphatic heterocycles. The molecule has 1 N–H and O–H groups in total. The van der Waals surface area contributed by atoms with E-state index >= 15 is 0 Å². The minimum atomic E-state index is 0.0718. The maximum Gasteiger partial charge on any atom is 0.256 e. The molecule has 0 radical (unpaired) electrons. The van der Waals surface area contributed by atoms with Gasteiger partial charge in [-0.3, -0.25) is 9.89 Å². The molecule has 0 saturated carbocycles. The van der Waals surface area contributed by atoms with Gasteiger partial charge in [-0.2, -0.15) is 5.10 Å². The van der Waals surface area contributed by atoms with Gasteiger partial charge in [0, 0.05) is 11.9 Å². The van der Waals surface area contributed by atoms with Crippen LogP contribution in [0, 0.1) is 0 Å². The van der Waals surface area contributed by atoms with E-state index in [2.05, 4.69) is 22.3 Å². The van der Waals surface area contributed by atoms with Gasteiger partial charge in [-0.15, -0.1) is 0 Å². The van der Waals surface area contributed by atoms with Crippen molar-refractivity contribution >= 4 is 16.8 Å². The van der Waals surface area contributed by atoms with E-state index in [1.807, 2.05) is 35.2 Å². The van der Waals surface area contributed by atoms with Gasteiger partial charge in [0.15, 0.2) is 0 Å². The normalized spacial score (nSPS) is 17.9. The summed E-state index contributed by atoms with van der Waals surface area (Å²) >= 11 is 0. The Bertz CT molecular complexity index is 901. The van der Waals surface area contributed by atoms with E-state index in [0.29, 0.717) is 5.56 Å². The number of nitrogens with one attached hydrogen (secondary N) is 1. The number of aromatic nitrogens is 2. The quantitative estimate of drug-likeness (QED) is 0.766. The van der Waals surface area contributed by atoms with Gasteiger partial charge < -0.3 is 9.64 Å². The third-order valence-corrected chi connectivity index (χ3v) is 5.22. The smallest absolute Gasteiger partial charge is 0.256 e. The molecule has 0 aliphatic carbocycles. The number of nitrogens with zero attached hydrogens (tertiary/aromatic N) is 2. The number of benzene rings is 2. The molecular formula is C21H23N3O2. The van der Waals surface area contributed by atoms with E-state index in [9.17, 15) is 4.79 Å². The van der Waals surface area contributed by atoms with Gasteiger partial charge in [-0.05, 0) is 36.6 Å². The fraction of sp³-hybridized carbons (Fsp3) is 0.333. The molecule has 0 bridgehead atoms. The van der Waals surface area contributed by atoms with Crippen molar-refractivity contribution in [2.75, 3.05) is 13.7 Å². The Morgan fingerprint density at radius 3 is 2.81 bits per heavy atom. The van der Waals surface area contributed by atoms with Gasteiger partial charge in [-0.25, -0.2) is 0 Å². The number of methoxy groups -OCH3 is 1. The van der Waals surface area contributed by atoms with Gasteiger partial charge >= 0.3 is 0 Å².